The molecule has 0 unspecified atom stereocenters. The topological polar surface area (TPSA) is 20.2 Å². The molecule has 1 heteroatoms. The molecule has 0 bridgehead atoms. The van der Waals surface area contributed by atoms with Crippen molar-refractivity contribution in [2.75, 3.05) is 0 Å². The van der Waals surface area contributed by atoms with Gasteiger partial charge in [0.25, 0.3) is 0 Å². The quantitative estimate of drug-likeness (QED) is 0.706. The van der Waals surface area contributed by atoms with Gasteiger partial charge < -0.3 is 5.11 Å². The van der Waals surface area contributed by atoms with Crippen molar-refractivity contribution in [3.63, 3.8) is 0 Å². The summed E-state index contributed by atoms with van der Waals surface area (Å²) in [6.45, 7) is 4.17. The summed E-state index contributed by atoms with van der Waals surface area (Å²) >= 11 is 0. The zero-order valence-corrected chi connectivity index (χ0v) is 13.4. The van der Waals surface area contributed by atoms with Crippen LogP contribution in [0.1, 0.15) is 96.3 Å². The van der Waals surface area contributed by atoms with Gasteiger partial charge in [0, 0.05) is 0 Å². The van der Waals surface area contributed by atoms with Crippen LogP contribution < -0.4 is 0 Å². The van der Waals surface area contributed by atoms with Crippen LogP contribution in [-0.2, 0) is 0 Å². The largest absolute Gasteiger partial charge is 0.389 e. The van der Waals surface area contributed by atoms with Gasteiger partial charge in [-0.25, -0.2) is 0 Å². The summed E-state index contributed by atoms with van der Waals surface area (Å²) in [5, 5.41) is 11.4. The van der Waals surface area contributed by atoms with Crippen LogP contribution >= 0.6 is 0 Å². The highest BCUT2D eigenvalue weighted by Gasteiger charge is 2.41. The molecule has 117 valence electrons. The number of aliphatic hydroxyl groups is 1. The molecule has 0 aromatic rings. The van der Waals surface area contributed by atoms with E-state index in [2.05, 4.69) is 6.92 Å². The highest BCUT2D eigenvalue weighted by Crippen LogP contribution is 2.42. The van der Waals surface area contributed by atoms with E-state index in [0.29, 0.717) is 11.8 Å². The smallest absolute Gasteiger partial charge is 0.0703 e. The molecule has 2 fully saturated rings. The Morgan fingerprint density at radius 1 is 0.650 bits per heavy atom. The highest BCUT2D eigenvalue weighted by atomic mass is 16.3. The minimum atomic E-state index is -0.464. The van der Waals surface area contributed by atoms with Crippen molar-refractivity contribution in [2.24, 2.45) is 11.8 Å². The van der Waals surface area contributed by atoms with E-state index in [4.69, 9.17) is 0 Å². The van der Waals surface area contributed by atoms with Gasteiger partial charge in [0.1, 0.15) is 0 Å². The molecule has 20 heavy (non-hydrogen) atoms. The van der Waals surface area contributed by atoms with Gasteiger partial charge in [-0.05, 0) is 43.9 Å². The van der Waals surface area contributed by atoms with Gasteiger partial charge in [-0.1, -0.05) is 71.1 Å². The number of hydrogen-bond donors (Lipinski definition) is 1. The molecular formula is C19H35O. The van der Waals surface area contributed by atoms with Gasteiger partial charge in [-0.3, -0.25) is 0 Å². The lowest BCUT2D eigenvalue weighted by molar-refractivity contribution is -0.0837. The Morgan fingerprint density at radius 2 is 0.950 bits per heavy atom. The summed E-state index contributed by atoms with van der Waals surface area (Å²) in [7, 11) is 0. The normalized spacial score (nSPS) is 25.5. The number of hydrogen-bond acceptors (Lipinski definition) is 1. The first-order valence-corrected chi connectivity index (χ1v) is 9.29. The van der Waals surface area contributed by atoms with E-state index in [0.717, 1.165) is 6.42 Å². The SMILES string of the molecule is [CH2]CC(O)(C1CCCCCCC1)C1CCCCCCC1. The van der Waals surface area contributed by atoms with Crippen molar-refractivity contribution in [1.82, 2.24) is 0 Å². The molecule has 0 aliphatic heterocycles. The van der Waals surface area contributed by atoms with Crippen LogP contribution in [0.2, 0.25) is 0 Å². The predicted octanol–water partition coefficient (Wildman–Crippen LogP) is 5.66. The maximum atomic E-state index is 11.4. The Morgan fingerprint density at radius 3 is 1.25 bits per heavy atom. The van der Waals surface area contributed by atoms with Crippen molar-refractivity contribution in [3.8, 4) is 0 Å². The molecule has 1 nitrogen and oxygen atoms in total. The summed E-state index contributed by atoms with van der Waals surface area (Å²) in [5.74, 6) is 1.04. The first-order chi connectivity index (χ1) is 9.77. The second kappa shape index (κ2) is 8.41. The second-order valence-electron chi connectivity index (χ2n) is 7.33. The lowest BCUT2D eigenvalue weighted by Gasteiger charge is -2.43. The lowest BCUT2D eigenvalue weighted by atomic mass is 9.67. The molecule has 2 aliphatic carbocycles. The summed E-state index contributed by atoms with van der Waals surface area (Å²) in [4.78, 5) is 0. The highest BCUT2D eigenvalue weighted by molar-refractivity contribution is 4.94. The standard InChI is InChI=1S/C19H35O/c1-2-19(20,17-13-9-5-3-6-10-14-17)18-15-11-7-4-8-12-16-18/h17-18,20H,1-16H2. The zero-order chi connectivity index (χ0) is 14.3. The van der Waals surface area contributed by atoms with Gasteiger partial charge in [0.05, 0.1) is 5.60 Å². The fourth-order valence-electron chi connectivity index (χ4n) is 4.65. The van der Waals surface area contributed by atoms with Crippen LogP contribution in [0.15, 0.2) is 0 Å². The van der Waals surface area contributed by atoms with Gasteiger partial charge in [-0.2, -0.15) is 0 Å². The third kappa shape index (κ3) is 4.23. The maximum absolute atomic E-state index is 11.4. The average molecular weight is 279 g/mol. The minimum absolute atomic E-state index is 0.464. The van der Waals surface area contributed by atoms with E-state index in [1.54, 1.807) is 0 Å². The van der Waals surface area contributed by atoms with E-state index in [1.807, 2.05) is 0 Å². The Bertz CT molecular complexity index is 222. The minimum Gasteiger partial charge on any atom is -0.389 e. The van der Waals surface area contributed by atoms with Crippen LogP contribution in [0.5, 0.6) is 0 Å². The molecule has 0 atom stereocenters. The Balaban J connectivity index is 2.03. The number of rotatable bonds is 3. The summed E-state index contributed by atoms with van der Waals surface area (Å²) in [5.41, 5.74) is -0.464. The van der Waals surface area contributed by atoms with Crippen molar-refractivity contribution in [2.45, 2.75) is 102 Å². The fourth-order valence-corrected chi connectivity index (χ4v) is 4.65. The van der Waals surface area contributed by atoms with E-state index in [1.165, 1.54) is 89.9 Å². The molecule has 0 saturated heterocycles. The van der Waals surface area contributed by atoms with E-state index in [9.17, 15) is 5.11 Å². The van der Waals surface area contributed by atoms with E-state index >= 15 is 0 Å². The van der Waals surface area contributed by atoms with E-state index in [-0.39, 0.29) is 0 Å². The van der Waals surface area contributed by atoms with Crippen LogP contribution in [0.25, 0.3) is 0 Å². The third-order valence-electron chi connectivity index (χ3n) is 6.02. The molecular weight excluding hydrogens is 244 g/mol. The first-order valence-electron chi connectivity index (χ1n) is 9.29. The van der Waals surface area contributed by atoms with Gasteiger partial charge >= 0.3 is 0 Å². The monoisotopic (exact) mass is 279 g/mol. The average Bonchev–Trinajstić information content (AvgIpc) is 2.37. The van der Waals surface area contributed by atoms with Crippen molar-refractivity contribution < 1.29 is 5.11 Å². The zero-order valence-electron chi connectivity index (χ0n) is 13.4. The first kappa shape index (κ1) is 16.3. The Hall–Kier alpha value is -0.0400. The Kier molecular flexibility index (Phi) is 6.87. The van der Waals surface area contributed by atoms with Crippen LogP contribution in [0, 0.1) is 18.8 Å². The molecule has 2 aliphatic rings. The predicted molar refractivity (Wildman–Crippen MR) is 86.5 cm³/mol. The van der Waals surface area contributed by atoms with Crippen LogP contribution in [0.4, 0.5) is 0 Å². The molecule has 2 saturated carbocycles. The van der Waals surface area contributed by atoms with Crippen molar-refractivity contribution >= 4 is 0 Å². The molecule has 1 N–H and O–H groups in total. The summed E-state index contributed by atoms with van der Waals surface area (Å²) in [6.07, 6.45) is 19.2. The molecule has 0 aromatic carbocycles. The van der Waals surface area contributed by atoms with Crippen molar-refractivity contribution in [1.29, 1.82) is 0 Å². The second-order valence-corrected chi connectivity index (χ2v) is 7.33. The Labute approximate surface area is 126 Å². The third-order valence-corrected chi connectivity index (χ3v) is 6.02. The van der Waals surface area contributed by atoms with Crippen LogP contribution in [0.3, 0.4) is 0 Å². The van der Waals surface area contributed by atoms with Gasteiger partial charge in [0.2, 0.25) is 0 Å². The summed E-state index contributed by atoms with van der Waals surface area (Å²) < 4.78 is 0. The van der Waals surface area contributed by atoms with Gasteiger partial charge in [0.15, 0.2) is 0 Å². The molecule has 2 rings (SSSR count). The fraction of sp³-hybridized carbons (Fsp3) is 0.947. The molecule has 0 amide bonds. The van der Waals surface area contributed by atoms with Crippen molar-refractivity contribution in [3.05, 3.63) is 6.92 Å². The molecule has 0 aromatic heterocycles. The summed E-state index contributed by atoms with van der Waals surface area (Å²) in [6, 6.07) is 0. The molecule has 0 heterocycles. The van der Waals surface area contributed by atoms with E-state index < -0.39 is 5.60 Å². The maximum Gasteiger partial charge on any atom is 0.0703 e. The van der Waals surface area contributed by atoms with Gasteiger partial charge in [-0.15, -0.1) is 0 Å². The lowest BCUT2D eigenvalue weighted by Crippen LogP contribution is -2.45. The molecule has 0 spiro atoms. The van der Waals surface area contributed by atoms with Crippen LogP contribution in [-0.4, -0.2) is 10.7 Å². The molecule has 1 radical (unpaired) electrons.